The zero-order chi connectivity index (χ0) is 22.4. The molecule has 0 radical (unpaired) electrons. The van der Waals surface area contributed by atoms with Gasteiger partial charge in [-0.3, -0.25) is 9.10 Å². The first kappa shape index (κ1) is 23.3. The van der Waals surface area contributed by atoms with Gasteiger partial charge in [0, 0.05) is 32.2 Å². The van der Waals surface area contributed by atoms with Gasteiger partial charge in [0.25, 0.3) is 15.9 Å². The van der Waals surface area contributed by atoms with Crippen molar-refractivity contribution < 1.29 is 13.2 Å². The lowest BCUT2D eigenvalue weighted by Gasteiger charge is -2.34. The highest BCUT2D eigenvalue weighted by molar-refractivity contribution is 7.92. The molecular formula is C24H33N3O3S. The van der Waals surface area contributed by atoms with Gasteiger partial charge in [0.2, 0.25) is 0 Å². The van der Waals surface area contributed by atoms with Crippen molar-refractivity contribution in [1.82, 2.24) is 10.2 Å². The summed E-state index contributed by atoms with van der Waals surface area (Å²) in [5.74, 6) is 1.19. The van der Waals surface area contributed by atoms with Crippen LogP contribution in [0.3, 0.4) is 0 Å². The van der Waals surface area contributed by atoms with Crippen LogP contribution in [0.2, 0.25) is 0 Å². The Hall–Kier alpha value is -2.38. The Labute approximate surface area is 186 Å². The van der Waals surface area contributed by atoms with Gasteiger partial charge in [-0.25, -0.2) is 8.42 Å². The molecule has 31 heavy (non-hydrogen) atoms. The van der Waals surface area contributed by atoms with Gasteiger partial charge in [-0.15, -0.1) is 0 Å². The van der Waals surface area contributed by atoms with Gasteiger partial charge in [-0.2, -0.15) is 0 Å². The summed E-state index contributed by atoms with van der Waals surface area (Å²) in [7, 11) is -2.24. The fourth-order valence-corrected chi connectivity index (χ4v) is 5.56. The molecule has 1 N–H and O–H groups in total. The molecule has 1 aliphatic rings. The lowest BCUT2D eigenvalue weighted by molar-refractivity contribution is 0.0947. The predicted octanol–water partition coefficient (Wildman–Crippen LogP) is 3.61. The Morgan fingerprint density at radius 1 is 1.06 bits per heavy atom. The molecule has 0 aromatic heterocycles. The van der Waals surface area contributed by atoms with E-state index in [0.29, 0.717) is 17.8 Å². The number of para-hydroxylation sites is 1. The maximum atomic E-state index is 13.0. The number of likely N-dealkylation sites (tertiary alicyclic amines) is 1. The first-order valence-electron chi connectivity index (χ1n) is 10.9. The minimum absolute atomic E-state index is 0.0998. The molecule has 0 unspecified atom stereocenters. The van der Waals surface area contributed by atoms with Gasteiger partial charge in [0.15, 0.2) is 0 Å². The first-order chi connectivity index (χ1) is 14.8. The molecule has 1 saturated heterocycles. The summed E-state index contributed by atoms with van der Waals surface area (Å²) in [5, 5.41) is 2.93. The average molecular weight is 444 g/mol. The lowest BCUT2D eigenvalue weighted by Crippen LogP contribution is -2.40. The van der Waals surface area contributed by atoms with E-state index in [-0.39, 0.29) is 10.8 Å². The van der Waals surface area contributed by atoms with Gasteiger partial charge in [0.05, 0.1) is 10.6 Å². The van der Waals surface area contributed by atoms with Crippen LogP contribution in [0, 0.1) is 11.8 Å². The van der Waals surface area contributed by atoms with Crippen molar-refractivity contribution in [2.75, 3.05) is 37.5 Å². The van der Waals surface area contributed by atoms with Crippen LogP contribution < -0.4 is 9.62 Å². The quantitative estimate of drug-likeness (QED) is 0.633. The molecule has 3 rings (SSSR count). The summed E-state index contributed by atoms with van der Waals surface area (Å²) in [6.45, 7) is 8.35. The molecule has 6 nitrogen and oxygen atoms in total. The van der Waals surface area contributed by atoms with Crippen LogP contribution in [0.1, 0.15) is 37.0 Å². The minimum Gasteiger partial charge on any atom is -0.352 e. The van der Waals surface area contributed by atoms with E-state index in [4.69, 9.17) is 0 Å². The van der Waals surface area contributed by atoms with Crippen molar-refractivity contribution in [2.24, 2.45) is 11.8 Å². The number of hydrogen-bond acceptors (Lipinski definition) is 4. The Kier molecular flexibility index (Phi) is 7.73. The van der Waals surface area contributed by atoms with Crippen LogP contribution in [-0.4, -0.2) is 52.5 Å². The summed E-state index contributed by atoms with van der Waals surface area (Å²) < 4.78 is 27.2. The van der Waals surface area contributed by atoms with E-state index in [1.54, 1.807) is 36.4 Å². The van der Waals surface area contributed by atoms with Crippen LogP contribution in [-0.2, 0) is 10.0 Å². The van der Waals surface area contributed by atoms with Crippen LogP contribution >= 0.6 is 0 Å². The molecule has 2 atom stereocenters. The van der Waals surface area contributed by atoms with Crippen molar-refractivity contribution in [3.63, 3.8) is 0 Å². The van der Waals surface area contributed by atoms with E-state index in [2.05, 4.69) is 24.1 Å². The Morgan fingerprint density at radius 3 is 2.42 bits per heavy atom. The predicted molar refractivity (Wildman–Crippen MR) is 125 cm³/mol. The summed E-state index contributed by atoms with van der Waals surface area (Å²) in [4.78, 5) is 15.2. The van der Waals surface area contributed by atoms with Crippen LogP contribution in [0.4, 0.5) is 5.69 Å². The van der Waals surface area contributed by atoms with Crippen LogP contribution in [0.25, 0.3) is 0 Å². The number of rotatable bonds is 8. The number of carbonyl (C=O) groups is 1. The zero-order valence-electron chi connectivity index (χ0n) is 18.6. The van der Waals surface area contributed by atoms with Gasteiger partial charge in [-0.05, 0) is 61.6 Å². The van der Waals surface area contributed by atoms with Crippen molar-refractivity contribution >= 4 is 21.6 Å². The molecule has 1 fully saturated rings. The summed E-state index contributed by atoms with van der Waals surface area (Å²) in [6.07, 6.45) is 2.16. The maximum Gasteiger partial charge on any atom is 0.264 e. The summed E-state index contributed by atoms with van der Waals surface area (Å²) >= 11 is 0. The number of piperidine rings is 1. The highest BCUT2D eigenvalue weighted by atomic mass is 32.2. The van der Waals surface area contributed by atoms with Crippen molar-refractivity contribution in [3.05, 3.63) is 60.2 Å². The standard InChI is InChI=1S/C24H33N3O3S/c1-19-15-20(2)18-27(17-19)14-8-13-25-24(28)21-9-7-12-23(16-21)31(29,30)26(3)22-10-5-4-6-11-22/h4-7,9-12,16,19-20H,8,13-15,17-18H2,1-3H3,(H,25,28)/t19-,20+. The van der Waals surface area contributed by atoms with Gasteiger partial charge >= 0.3 is 0 Å². The number of anilines is 1. The molecule has 0 aliphatic carbocycles. The number of nitrogens with one attached hydrogen (secondary N) is 1. The molecule has 1 amide bonds. The molecule has 7 heteroatoms. The molecule has 168 valence electrons. The number of amides is 1. The van der Waals surface area contributed by atoms with E-state index >= 15 is 0 Å². The normalized spacial score (nSPS) is 19.7. The third-order valence-corrected chi connectivity index (χ3v) is 7.54. The molecule has 0 spiro atoms. The molecule has 0 bridgehead atoms. The van der Waals surface area contributed by atoms with E-state index in [1.807, 2.05) is 6.07 Å². The van der Waals surface area contributed by atoms with Crippen molar-refractivity contribution in [2.45, 2.75) is 31.6 Å². The summed E-state index contributed by atoms with van der Waals surface area (Å²) in [6, 6.07) is 15.1. The maximum absolute atomic E-state index is 13.0. The smallest absolute Gasteiger partial charge is 0.264 e. The Balaban J connectivity index is 1.57. The summed E-state index contributed by atoms with van der Waals surface area (Å²) in [5.41, 5.74) is 0.918. The number of sulfonamides is 1. The number of carbonyl (C=O) groups excluding carboxylic acids is 1. The second-order valence-electron chi connectivity index (χ2n) is 8.65. The van der Waals surface area contributed by atoms with Crippen LogP contribution in [0.15, 0.2) is 59.5 Å². The second kappa shape index (κ2) is 10.3. The van der Waals surface area contributed by atoms with Crippen molar-refractivity contribution in [3.8, 4) is 0 Å². The number of hydrogen-bond donors (Lipinski definition) is 1. The number of benzene rings is 2. The minimum atomic E-state index is -3.75. The second-order valence-corrected chi connectivity index (χ2v) is 10.6. The van der Waals surface area contributed by atoms with E-state index in [1.165, 1.54) is 29.9 Å². The third-order valence-electron chi connectivity index (χ3n) is 5.76. The van der Waals surface area contributed by atoms with Gasteiger partial charge < -0.3 is 10.2 Å². The molecule has 1 heterocycles. The third kappa shape index (κ3) is 6.08. The lowest BCUT2D eigenvalue weighted by atomic mass is 9.92. The largest absolute Gasteiger partial charge is 0.352 e. The SMILES string of the molecule is C[C@@H]1C[C@H](C)CN(CCCNC(=O)c2cccc(S(=O)(=O)N(C)c3ccccc3)c2)C1. The first-order valence-corrected chi connectivity index (χ1v) is 12.4. The molecule has 2 aromatic carbocycles. The van der Waals surface area contributed by atoms with Crippen LogP contribution in [0.5, 0.6) is 0 Å². The fourth-order valence-electron chi connectivity index (χ4n) is 4.31. The molecule has 2 aromatic rings. The monoisotopic (exact) mass is 443 g/mol. The number of nitrogens with zero attached hydrogens (tertiary/aromatic N) is 2. The highest BCUT2D eigenvalue weighted by Crippen LogP contribution is 2.23. The molecule has 0 saturated carbocycles. The average Bonchev–Trinajstić information content (AvgIpc) is 2.76. The highest BCUT2D eigenvalue weighted by Gasteiger charge is 2.23. The zero-order valence-corrected chi connectivity index (χ0v) is 19.4. The van der Waals surface area contributed by atoms with Gasteiger partial charge in [0.1, 0.15) is 0 Å². The van der Waals surface area contributed by atoms with E-state index in [0.717, 1.165) is 37.9 Å². The molecular weight excluding hydrogens is 410 g/mol. The van der Waals surface area contributed by atoms with Gasteiger partial charge in [-0.1, -0.05) is 38.1 Å². The van der Waals surface area contributed by atoms with Crippen molar-refractivity contribution in [1.29, 1.82) is 0 Å². The fraction of sp³-hybridized carbons (Fsp3) is 0.458. The topological polar surface area (TPSA) is 69.7 Å². The Bertz CT molecular complexity index is 969. The Morgan fingerprint density at radius 2 is 1.74 bits per heavy atom. The molecule has 1 aliphatic heterocycles. The van der Waals surface area contributed by atoms with E-state index < -0.39 is 10.0 Å². The van der Waals surface area contributed by atoms with E-state index in [9.17, 15) is 13.2 Å².